The number of carbonyl (C=O) groups is 1. The average molecular weight is 965 g/mol. The molecule has 394 valence electrons. The monoisotopic (exact) mass is 964 g/mol. The molecule has 3 unspecified atom stereocenters. The van der Waals surface area contributed by atoms with Crippen LogP contribution in [0.5, 0.6) is 0 Å². The van der Waals surface area contributed by atoms with Crippen LogP contribution in [0.2, 0.25) is 0 Å². The quantitative estimate of drug-likeness (QED) is 0.0243. The van der Waals surface area contributed by atoms with Crippen molar-refractivity contribution < 1.29 is 32.9 Å². The van der Waals surface area contributed by atoms with Gasteiger partial charge < -0.3 is 19.8 Å². The van der Waals surface area contributed by atoms with Crippen molar-refractivity contribution in [2.24, 2.45) is 0 Å². The summed E-state index contributed by atoms with van der Waals surface area (Å²) in [6, 6.07) is -0.784. The van der Waals surface area contributed by atoms with E-state index in [0.29, 0.717) is 23.9 Å². The number of quaternary nitrogens is 1. The molecular weight excluding hydrogens is 852 g/mol. The Hall–Kier alpha value is -1.54. The van der Waals surface area contributed by atoms with Gasteiger partial charge in [-0.05, 0) is 51.4 Å². The van der Waals surface area contributed by atoms with Gasteiger partial charge in [-0.2, -0.15) is 0 Å². The van der Waals surface area contributed by atoms with Crippen molar-refractivity contribution in [3.63, 3.8) is 0 Å². The molecule has 67 heavy (non-hydrogen) atoms. The van der Waals surface area contributed by atoms with Gasteiger partial charge in [0, 0.05) is 6.42 Å². The maximum absolute atomic E-state index is 12.9. The van der Waals surface area contributed by atoms with Gasteiger partial charge >= 0.3 is 7.82 Å². The normalized spacial score (nSPS) is 14.3. The molecule has 0 rings (SSSR count). The lowest BCUT2D eigenvalue weighted by Crippen LogP contribution is -2.46. The molecule has 9 heteroatoms. The second kappa shape index (κ2) is 49.4. The van der Waals surface area contributed by atoms with Crippen LogP contribution in [0.1, 0.15) is 264 Å². The van der Waals surface area contributed by atoms with E-state index < -0.39 is 20.0 Å². The molecule has 0 heterocycles. The molecule has 0 aromatic rings. The summed E-state index contributed by atoms with van der Waals surface area (Å²) < 4.78 is 23.7. The number of phosphoric acid groups is 1. The number of hydrogen-bond acceptors (Lipinski definition) is 5. The lowest BCUT2D eigenvalue weighted by molar-refractivity contribution is -0.870. The van der Waals surface area contributed by atoms with Gasteiger partial charge in [0.25, 0.3) is 0 Å². The number of hydrogen-bond donors (Lipinski definition) is 3. The lowest BCUT2D eigenvalue weighted by atomic mass is 10.0. The third kappa shape index (κ3) is 52.1. The molecule has 0 aromatic carbocycles. The van der Waals surface area contributed by atoms with Gasteiger partial charge in [-0.1, -0.05) is 255 Å². The largest absolute Gasteiger partial charge is 0.472 e. The molecule has 0 fully saturated rings. The molecule has 0 radical (unpaired) electrons. The molecule has 3 N–H and O–H groups in total. The van der Waals surface area contributed by atoms with Crippen LogP contribution in [-0.4, -0.2) is 73.4 Å². The first-order valence-electron chi connectivity index (χ1n) is 28.5. The molecule has 1 amide bonds. The topological polar surface area (TPSA) is 105 Å². The van der Waals surface area contributed by atoms with E-state index in [9.17, 15) is 19.4 Å². The van der Waals surface area contributed by atoms with Crippen molar-refractivity contribution >= 4 is 13.7 Å². The Balaban J connectivity index is 4.09. The Morgan fingerprint density at radius 2 is 0.896 bits per heavy atom. The minimum atomic E-state index is -4.33. The number of unbranched alkanes of at least 4 members (excludes halogenated alkanes) is 31. The van der Waals surface area contributed by atoms with Crippen LogP contribution in [0.4, 0.5) is 0 Å². The van der Waals surface area contributed by atoms with Crippen molar-refractivity contribution in [1.29, 1.82) is 0 Å². The molecule has 0 aliphatic carbocycles. The van der Waals surface area contributed by atoms with E-state index in [1.807, 2.05) is 21.1 Å². The Kier molecular flexibility index (Phi) is 48.3. The molecule has 0 saturated carbocycles. The highest BCUT2D eigenvalue weighted by Gasteiger charge is 2.28. The van der Waals surface area contributed by atoms with Crippen molar-refractivity contribution in [2.45, 2.75) is 276 Å². The average Bonchev–Trinajstić information content (AvgIpc) is 3.29. The van der Waals surface area contributed by atoms with Gasteiger partial charge in [0.15, 0.2) is 0 Å². The second-order valence-corrected chi connectivity index (χ2v) is 22.1. The van der Waals surface area contributed by atoms with Gasteiger partial charge in [0.05, 0.1) is 39.9 Å². The lowest BCUT2D eigenvalue weighted by Gasteiger charge is -2.26. The third-order valence-corrected chi connectivity index (χ3v) is 13.8. The first-order chi connectivity index (χ1) is 32.5. The van der Waals surface area contributed by atoms with Gasteiger partial charge in [-0.25, -0.2) is 4.57 Å². The Labute approximate surface area is 416 Å². The van der Waals surface area contributed by atoms with E-state index in [-0.39, 0.29) is 19.1 Å². The molecule has 0 bridgehead atoms. The molecule has 0 aromatic heterocycles. The first-order valence-corrected chi connectivity index (χ1v) is 30.0. The predicted molar refractivity (Wildman–Crippen MR) is 291 cm³/mol. The van der Waals surface area contributed by atoms with Crippen molar-refractivity contribution in [2.75, 3.05) is 40.9 Å². The fourth-order valence-corrected chi connectivity index (χ4v) is 9.13. The van der Waals surface area contributed by atoms with Gasteiger partial charge in [-0.3, -0.25) is 13.8 Å². The predicted octanol–water partition coefficient (Wildman–Crippen LogP) is 17.2. The molecule has 0 aliphatic heterocycles. The Morgan fingerprint density at radius 3 is 1.28 bits per heavy atom. The van der Waals surface area contributed by atoms with E-state index in [4.69, 9.17) is 9.05 Å². The maximum Gasteiger partial charge on any atom is 0.472 e. The number of amides is 1. The smallest absolute Gasteiger partial charge is 0.391 e. The molecule has 0 spiro atoms. The van der Waals surface area contributed by atoms with Crippen molar-refractivity contribution in [3.05, 3.63) is 48.6 Å². The van der Waals surface area contributed by atoms with Crippen LogP contribution in [0.15, 0.2) is 48.6 Å². The summed E-state index contributed by atoms with van der Waals surface area (Å²) in [4.78, 5) is 23.2. The fourth-order valence-electron chi connectivity index (χ4n) is 8.39. The second-order valence-electron chi connectivity index (χ2n) is 20.6. The number of aliphatic hydroxyl groups excluding tert-OH is 1. The van der Waals surface area contributed by atoms with Crippen LogP contribution in [0.25, 0.3) is 0 Å². The van der Waals surface area contributed by atoms with Gasteiger partial charge in [0.1, 0.15) is 13.2 Å². The number of carbonyl (C=O) groups excluding carboxylic acids is 1. The summed E-state index contributed by atoms with van der Waals surface area (Å²) >= 11 is 0. The highest BCUT2D eigenvalue weighted by molar-refractivity contribution is 7.47. The number of rotatable bonds is 52. The molecule has 0 saturated heterocycles. The van der Waals surface area contributed by atoms with Crippen molar-refractivity contribution in [3.8, 4) is 0 Å². The standard InChI is InChI=1S/C58H111N2O6P/c1-6-8-10-12-14-16-18-20-22-23-24-25-26-27-28-29-30-31-32-33-34-35-36-38-39-41-43-45-47-49-51-57(61)56(55-66-67(63,64)65-54-53-60(3,4)5)59-58(62)52-50-48-46-44-42-40-37-21-19-17-15-13-11-9-7-2/h9,11,15,17,21,37,42,44,56-57,61H,6-8,10,12-14,16,18-20,22-36,38-41,43,45-55H2,1-5H3,(H-,59,62,63,64)/p+1/b11-9-,17-15-,37-21-,44-42-. The summed E-state index contributed by atoms with van der Waals surface area (Å²) in [5, 5.41) is 14.0. The van der Waals surface area contributed by atoms with E-state index in [2.05, 4.69) is 67.8 Å². The molecule has 8 nitrogen and oxygen atoms in total. The highest BCUT2D eigenvalue weighted by Crippen LogP contribution is 2.43. The summed E-state index contributed by atoms with van der Waals surface area (Å²) in [6.45, 7) is 4.76. The minimum absolute atomic E-state index is 0.0653. The van der Waals surface area contributed by atoms with Gasteiger partial charge in [-0.15, -0.1) is 0 Å². The van der Waals surface area contributed by atoms with Crippen molar-refractivity contribution in [1.82, 2.24) is 5.32 Å². The molecule has 0 aliphatic rings. The maximum atomic E-state index is 12.9. The van der Waals surface area contributed by atoms with E-state index in [1.165, 1.54) is 173 Å². The highest BCUT2D eigenvalue weighted by atomic mass is 31.2. The number of likely N-dealkylation sites (N-methyl/N-ethyl adjacent to an activating group) is 1. The summed E-state index contributed by atoms with van der Waals surface area (Å²) in [6.07, 6.45) is 64.8. The molecule has 3 atom stereocenters. The van der Waals surface area contributed by atoms with Gasteiger partial charge in [0.2, 0.25) is 5.91 Å². The van der Waals surface area contributed by atoms with Crippen LogP contribution in [0, 0.1) is 0 Å². The zero-order valence-corrected chi connectivity index (χ0v) is 45.8. The number of nitrogens with zero attached hydrogens (tertiary/aromatic N) is 1. The van der Waals surface area contributed by atoms with E-state index >= 15 is 0 Å². The number of nitrogens with one attached hydrogen (secondary N) is 1. The Bertz CT molecular complexity index is 1230. The first kappa shape index (κ1) is 65.5. The number of allylic oxidation sites excluding steroid dienone is 8. The fraction of sp³-hybridized carbons (Fsp3) is 0.845. The van der Waals surface area contributed by atoms with Crippen LogP contribution < -0.4 is 5.32 Å². The third-order valence-electron chi connectivity index (χ3n) is 12.8. The van der Waals surface area contributed by atoms with Crippen LogP contribution in [-0.2, 0) is 18.4 Å². The van der Waals surface area contributed by atoms with Crippen LogP contribution in [0.3, 0.4) is 0 Å². The molecular formula is C58H112N2O6P+. The Morgan fingerprint density at radius 1 is 0.522 bits per heavy atom. The van der Waals surface area contributed by atoms with E-state index in [1.54, 1.807) is 0 Å². The summed E-state index contributed by atoms with van der Waals surface area (Å²) in [5.74, 6) is -0.183. The zero-order chi connectivity index (χ0) is 49.2. The summed E-state index contributed by atoms with van der Waals surface area (Å²) in [5.41, 5.74) is 0. The number of aliphatic hydroxyl groups is 1. The zero-order valence-electron chi connectivity index (χ0n) is 44.9. The van der Waals surface area contributed by atoms with E-state index in [0.717, 1.165) is 64.2 Å². The number of phosphoric ester groups is 1. The minimum Gasteiger partial charge on any atom is -0.391 e. The summed E-state index contributed by atoms with van der Waals surface area (Å²) in [7, 11) is 1.59. The van der Waals surface area contributed by atoms with Crippen LogP contribution >= 0.6 is 7.82 Å². The SMILES string of the molecule is CC/C=C\C/C=C\C/C=C\C/C=C\CCCCC(=O)NC(COP(=O)(O)OCC[N+](C)(C)C)C(O)CCCCCCCCCCCCCCCCCCCCCCCCCCCCCCCC.